The van der Waals surface area contributed by atoms with Crippen molar-refractivity contribution in [1.82, 2.24) is 20.2 Å². The van der Waals surface area contributed by atoms with Crippen LogP contribution in [0.1, 0.15) is 30.0 Å². The molecule has 0 fully saturated rings. The van der Waals surface area contributed by atoms with Gasteiger partial charge in [0.05, 0.1) is 18.6 Å². The van der Waals surface area contributed by atoms with Gasteiger partial charge in [0.1, 0.15) is 5.75 Å². The number of ether oxygens (including phenoxy) is 1. The molecule has 0 saturated heterocycles. The maximum absolute atomic E-state index is 12.5. The van der Waals surface area contributed by atoms with E-state index in [4.69, 9.17) is 4.74 Å². The van der Waals surface area contributed by atoms with E-state index in [-0.39, 0.29) is 11.7 Å². The lowest BCUT2D eigenvalue weighted by Gasteiger charge is -2.11. The van der Waals surface area contributed by atoms with Gasteiger partial charge in [-0.3, -0.25) is 9.36 Å². The molecule has 1 heterocycles. The number of hydrazone groups is 1. The van der Waals surface area contributed by atoms with Crippen LogP contribution in [0.5, 0.6) is 5.75 Å². The Morgan fingerprint density at radius 3 is 2.31 bits per heavy atom. The summed E-state index contributed by atoms with van der Waals surface area (Å²) in [4.78, 5) is 12.5. The molecule has 7 nitrogen and oxygen atoms in total. The lowest BCUT2D eigenvalue weighted by Crippen LogP contribution is -2.20. The summed E-state index contributed by atoms with van der Waals surface area (Å²) in [7, 11) is 0. The molecule has 0 spiro atoms. The van der Waals surface area contributed by atoms with Crippen molar-refractivity contribution in [3.8, 4) is 22.8 Å². The minimum absolute atomic E-state index is 0.152. The number of aryl methyl sites for hydroxylation is 2. The highest BCUT2D eigenvalue weighted by molar-refractivity contribution is 7.99. The SMILES string of the molecule is CCCOc1ccc(/C=N/NC(=O)CSc2nnc(-c3ccc(C)cc3)n2-c2ccc(C)cc2)cc1. The van der Waals surface area contributed by atoms with Crippen molar-refractivity contribution in [2.24, 2.45) is 5.10 Å². The Bertz CT molecular complexity index is 1310. The minimum atomic E-state index is -0.227. The Morgan fingerprint density at radius 1 is 0.972 bits per heavy atom. The minimum Gasteiger partial charge on any atom is -0.494 e. The summed E-state index contributed by atoms with van der Waals surface area (Å²) in [6.07, 6.45) is 2.57. The number of thioether (sulfide) groups is 1. The number of carbonyl (C=O) groups is 1. The van der Waals surface area contributed by atoms with Gasteiger partial charge in [0.25, 0.3) is 5.91 Å². The number of aromatic nitrogens is 3. The van der Waals surface area contributed by atoms with E-state index in [0.29, 0.717) is 11.8 Å². The van der Waals surface area contributed by atoms with Crippen LogP contribution in [0.15, 0.2) is 83.1 Å². The zero-order valence-electron chi connectivity index (χ0n) is 20.6. The Kier molecular flexibility index (Phi) is 8.52. The number of carbonyl (C=O) groups excluding carboxylic acids is 1. The quantitative estimate of drug-likeness (QED) is 0.175. The maximum Gasteiger partial charge on any atom is 0.250 e. The zero-order valence-corrected chi connectivity index (χ0v) is 21.5. The molecule has 0 atom stereocenters. The van der Waals surface area contributed by atoms with Gasteiger partial charge in [-0.05, 0) is 62.2 Å². The van der Waals surface area contributed by atoms with Crippen molar-refractivity contribution in [3.05, 3.63) is 89.5 Å². The molecule has 36 heavy (non-hydrogen) atoms. The summed E-state index contributed by atoms with van der Waals surface area (Å²) in [5, 5.41) is 13.5. The Balaban J connectivity index is 1.43. The largest absolute Gasteiger partial charge is 0.494 e. The molecule has 0 aliphatic heterocycles. The van der Waals surface area contributed by atoms with Crippen LogP contribution in [-0.4, -0.2) is 39.2 Å². The van der Waals surface area contributed by atoms with Crippen LogP contribution < -0.4 is 10.2 Å². The van der Waals surface area contributed by atoms with Crippen LogP contribution in [0.4, 0.5) is 0 Å². The normalized spacial score (nSPS) is 11.1. The highest BCUT2D eigenvalue weighted by Gasteiger charge is 2.17. The van der Waals surface area contributed by atoms with Gasteiger partial charge in [-0.15, -0.1) is 10.2 Å². The molecule has 1 aromatic heterocycles. The Morgan fingerprint density at radius 2 is 1.64 bits per heavy atom. The topological polar surface area (TPSA) is 81.4 Å². The standard InChI is InChI=1S/C28H29N5O2S/c1-4-17-35-25-15-9-22(10-16-25)18-29-30-26(34)19-36-28-32-31-27(23-11-5-20(2)6-12-23)33(28)24-13-7-21(3)8-14-24/h5-16,18H,4,17,19H2,1-3H3,(H,30,34)/b29-18+. The second kappa shape index (κ2) is 12.2. The average molecular weight is 500 g/mol. The molecular formula is C28H29N5O2S. The first kappa shape index (κ1) is 25.2. The first-order chi connectivity index (χ1) is 17.5. The molecule has 4 aromatic rings. The van der Waals surface area contributed by atoms with E-state index < -0.39 is 0 Å². The van der Waals surface area contributed by atoms with Crippen LogP contribution in [0.3, 0.4) is 0 Å². The van der Waals surface area contributed by atoms with Gasteiger partial charge in [0.2, 0.25) is 0 Å². The molecule has 3 aromatic carbocycles. The third-order valence-corrected chi connectivity index (χ3v) is 6.25. The summed E-state index contributed by atoms with van der Waals surface area (Å²) in [5.41, 5.74) is 7.69. The number of amides is 1. The number of hydrogen-bond donors (Lipinski definition) is 1. The lowest BCUT2D eigenvalue weighted by molar-refractivity contribution is -0.118. The van der Waals surface area contributed by atoms with Gasteiger partial charge >= 0.3 is 0 Å². The van der Waals surface area contributed by atoms with Crippen LogP contribution in [0.2, 0.25) is 0 Å². The predicted octanol–water partition coefficient (Wildman–Crippen LogP) is 5.58. The highest BCUT2D eigenvalue weighted by Crippen LogP contribution is 2.28. The highest BCUT2D eigenvalue weighted by atomic mass is 32.2. The fourth-order valence-corrected chi connectivity index (χ4v) is 4.14. The van der Waals surface area contributed by atoms with Gasteiger partial charge in [-0.25, -0.2) is 5.43 Å². The molecule has 4 rings (SSSR count). The molecule has 0 aliphatic rings. The van der Waals surface area contributed by atoms with Crippen LogP contribution >= 0.6 is 11.8 Å². The van der Waals surface area contributed by atoms with Crippen molar-refractivity contribution in [1.29, 1.82) is 0 Å². The molecule has 184 valence electrons. The monoisotopic (exact) mass is 499 g/mol. The Hall–Kier alpha value is -3.91. The van der Waals surface area contributed by atoms with E-state index in [2.05, 4.69) is 27.6 Å². The molecule has 0 saturated carbocycles. The van der Waals surface area contributed by atoms with Crippen molar-refractivity contribution in [2.45, 2.75) is 32.3 Å². The fourth-order valence-electron chi connectivity index (χ4n) is 3.39. The number of nitrogens with zero attached hydrogens (tertiary/aromatic N) is 4. The molecule has 0 aliphatic carbocycles. The van der Waals surface area contributed by atoms with Crippen LogP contribution in [0, 0.1) is 13.8 Å². The summed E-state index contributed by atoms with van der Waals surface area (Å²) in [6.45, 7) is 6.85. The van der Waals surface area contributed by atoms with Gasteiger partial charge in [0, 0.05) is 11.3 Å². The van der Waals surface area contributed by atoms with Gasteiger partial charge in [0.15, 0.2) is 11.0 Å². The maximum atomic E-state index is 12.5. The second-order valence-electron chi connectivity index (χ2n) is 8.34. The molecule has 0 bridgehead atoms. The van der Waals surface area contributed by atoms with Crippen molar-refractivity contribution in [2.75, 3.05) is 12.4 Å². The fraction of sp³-hybridized carbons (Fsp3) is 0.214. The summed E-state index contributed by atoms with van der Waals surface area (Å²) in [6, 6.07) is 23.9. The second-order valence-corrected chi connectivity index (χ2v) is 9.29. The van der Waals surface area contributed by atoms with Gasteiger partial charge in [-0.2, -0.15) is 5.10 Å². The van der Waals surface area contributed by atoms with Gasteiger partial charge in [-0.1, -0.05) is 66.2 Å². The molecule has 0 radical (unpaired) electrons. The molecule has 8 heteroatoms. The first-order valence-corrected chi connectivity index (χ1v) is 12.8. The van der Waals surface area contributed by atoms with Crippen molar-refractivity contribution >= 4 is 23.9 Å². The summed E-state index contributed by atoms with van der Waals surface area (Å²) < 4.78 is 7.56. The van der Waals surface area contributed by atoms with Gasteiger partial charge < -0.3 is 4.74 Å². The Labute approximate surface area is 215 Å². The van der Waals surface area contributed by atoms with E-state index in [0.717, 1.165) is 34.8 Å². The molecular weight excluding hydrogens is 470 g/mol. The predicted molar refractivity (Wildman–Crippen MR) is 145 cm³/mol. The van der Waals surface area contributed by atoms with E-state index in [1.54, 1.807) is 6.21 Å². The molecule has 1 amide bonds. The van der Waals surface area contributed by atoms with Crippen molar-refractivity contribution in [3.63, 3.8) is 0 Å². The van der Waals surface area contributed by atoms with Crippen molar-refractivity contribution < 1.29 is 9.53 Å². The molecule has 0 unspecified atom stereocenters. The smallest absolute Gasteiger partial charge is 0.250 e. The third kappa shape index (κ3) is 6.60. The van der Waals surface area contributed by atoms with Crippen LogP contribution in [-0.2, 0) is 4.79 Å². The number of nitrogens with one attached hydrogen (secondary N) is 1. The lowest BCUT2D eigenvalue weighted by atomic mass is 10.1. The van der Waals surface area contributed by atoms with E-state index in [9.17, 15) is 4.79 Å². The first-order valence-electron chi connectivity index (χ1n) is 11.8. The third-order valence-electron chi connectivity index (χ3n) is 5.32. The number of benzene rings is 3. The summed E-state index contributed by atoms with van der Waals surface area (Å²) in [5.74, 6) is 1.47. The average Bonchev–Trinajstić information content (AvgIpc) is 3.32. The number of rotatable bonds is 10. The van der Waals surface area contributed by atoms with E-state index >= 15 is 0 Å². The number of hydrogen-bond acceptors (Lipinski definition) is 6. The van der Waals surface area contributed by atoms with E-state index in [1.807, 2.05) is 91.2 Å². The summed E-state index contributed by atoms with van der Waals surface area (Å²) >= 11 is 1.32. The van der Waals surface area contributed by atoms with E-state index in [1.165, 1.54) is 22.9 Å². The van der Waals surface area contributed by atoms with Crippen LogP contribution in [0.25, 0.3) is 17.1 Å². The zero-order chi connectivity index (χ0) is 25.3. The molecule has 1 N–H and O–H groups in total.